The highest BCUT2D eigenvalue weighted by molar-refractivity contribution is 5.99. The molecule has 0 aromatic heterocycles. The zero-order valence-corrected chi connectivity index (χ0v) is 12.3. The summed E-state index contributed by atoms with van der Waals surface area (Å²) >= 11 is 0. The van der Waals surface area contributed by atoms with Crippen LogP contribution in [0.3, 0.4) is 0 Å². The van der Waals surface area contributed by atoms with Gasteiger partial charge >= 0.3 is 0 Å². The van der Waals surface area contributed by atoms with E-state index in [1.165, 1.54) is 6.08 Å². The van der Waals surface area contributed by atoms with E-state index in [-0.39, 0.29) is 60.5 Å². The molecular weight excluding hydrogens is 272 g/mol. The van der Waals surface area contributed by atoms with E-state index in [2.05, 4.69) is 10.6 Å². The molecule has 6 heteroatoms. The van der Waals surface area contributed by atoms with Gasteiger partial charge in [-0.2, -0.15) is 0 Å². The highest BCUT2D eigenvalue weighted by Crippen LogP contribution is 2.25. The molecule has 2 rings (SSSR count). The smallest absolute Gasteiger partial charge is 0.226 e. The summed E-state index contributed by atoms with van der Waals surface area (Å²) in [6.45, 7) is 3.82. The predicted molar refractivity (Wildman–Crippen MR) is 74.7 cm³/mol. The number of carbonyl (C=O) groups excluding carboxylic acids is 4. The summed E-state index contributed by atoms with van der Waals surface area (Å²) < 4.78 is 0. The second kappa shape index (κ2) is 6.20. The average Bonchev–Trinajstić information content (AvgIpc) is 2.34. The highest BCUT2D eigenvalue weighted by atomic mass is 16.2. The van der Waals surface area contributed by atoms with Crippen LogP contribution in [0.15, 0.2) is 11.8 Å². The monoisotopic (exact) mass is 292 g/mol. The van der Waals surface area contributed by atoms with E-state index in [0.29, 0.717) is 5.70 Å². The van der Waals surface area contributed by atoms with Crippen LogP contribution in [0.4, 0.5) is 0 Å². The van der Waals surface area contributed by atoms with Gasteiger partial charge in [-0.3, -0.25) is 24.5 Å². The lowest BCUT2D eigenvalue weighted by molar-refractivity contribution is -0.135. The molecule has 0 spiro atoms. The Bertz CT molecular complexity index is 508. The van der Waals surface area contributed by atoms with Crippen molar-refractivity contribution in [1.82, 2.24) is 10.6 Å². The fourth-order valence-corrected chi connectivity index (χ4v) is 2.85. The van der Waals surface area contributed by atoms with Crippen molar-refractivity contribution in [3.8, 4) is 0 Å². The summed E-state index contributed by atoms with van der Waals surface area (Å²) in [5.41, 5.74) is 0.634. The van der Waals surface area contributed by atoms with Crippen LogP contribution in [0.25, 0.3) is 0 Å². The Morgan fingerprint density at radius 1 is 1.10 bits per heavy atom. The number of amides is 3. The normalized spacial score (nSPS) is 29.2. The number of carbonyl (C=O) groups is 4. The molecule has 21 heavy (non-hydrogen) atoms. The number of hydrogen-bond acceptors (Lipinski definition) is 4. The van der Waals surface area contributed by atoms with Crippen LogP contribution in [-0.2, 0) is 19.2 Å². The van der Waals surface area contributed by atoms with Crippen molar-refractivity contribution >= 4 is 23.5 Å². The maximum atomic E-state index is 12.1. The third kappa shape index (κ3) is 4.00. The number of rotatable bonds is 3. The van der Waals surface area contributed by atoms with Crippen molar-refractivity contribution in [3.05, 3.63) is 11.8 Å². The molecule has 2 atom stereocenters. The van der Waals surface area contributed by atoms with Crippen molar-refractivity contribution in [1.29, 1.82) is 0 Å². The van der Waals surface area contributed by atoms with Gasteiger partial charge in [0.25, 0.3) is 0 Å². The zero-order valence-electron chi connectivity index (χ0n) is 12.3. The molecule has 2 N–H and O–H groups in total. The first-order valence-corrected chi connectivity index (χ1v) is 7.23. The highest BCUT2D eigenvalue weighted by Gasteiger charge is 2.29. The standard InChI is InChI=1S/C15H20N2O4/c1-8-3-9(2)15(21)16-12(8)7-11(18)4-10-5-13(19)17-14(20)6-10/h7-10H,3-6H2,1-2H3,(H,16,21)(H,17,19,20). The summed E-state index contributed by atoms with van der Waals surface area (Å²) in [5, 5.41) is 4.98. The first-order chi connectivity index (χ1) is 9.85. The lowest BCUT2D eigenvalue weighted by Crippen LogP contribution is -2.39. The minimum atomic E-state index is -0.329. The lowest BCUT2D eigenvalue weighted by atomic mass is 9.87. The molecule has 114 valence electrons. The number of allylic oxidation sites excluding steroid dienone is 2. The van der Waals surface area contributed by atoms with Crippen molar-refractivity contribution in [2.24, 2.45) is 17.8 Å². The number of nitrogens with one attached hydrogen (secondary N) is 2. The summed E-state index contributed by atoms with van der Waals surface area (Å²) in [4.78, 5) is 46.2. The Hall–Kier alpha value is -1.98. The topological polar surface area (TPSA) is 92.3 Å². The van der Waals surface area contributed by atoms with Gasteiger partial charge in [0, 0.05) is 37.0 Å². The molecule has 2 aliphatic heterocycles. The lowest BCUT2D eigenvalue weighted by Gasteiger charge is -2.27. The SMILES string of the molecule is CC1CC(C)C(=CC(=O)CC2CC(=O)NC(=O)C2)NC1=O. The van der Waals surface area contributed by atoms with Crippen LogP contribution < -0.4 is 10.6 Å². The summed E-state index contributed by atoms with van der Waals surface area (Å²) in [6, 6.07) is 0. The molecule has 3 amide bonds. The third-order valence-corrected chi connectivity index (χ3v) is 3.99. The van der Waals surface area contributed by atoms with E-state index in [0.717, 1.165) is 6.42 Å². The van der Waals surface area contributed by atoms with Gasteiger partial charge in [-0.05, 0) is 18.3 Å². The van der Waals surface area contributed by atoms with Gasteiger partial charge in [0.15, 0.2) is 5.78 Å². The van der Waals surface area contributed by atoms with E-state index in [1.54, 1.807) is 0 Å². The van der Waals surface area contributed by atoms with E-state index in [4.69, 9.17) is 0 Å². The first kappa shape index (κ1) is 15.4. The molecule has 2 fully saturated rings. The van der Waals surface area contributed by atoms with E-state index in [1.807, 2.05) is 13.8 Å². The number of hydrogen-bond donors (Lipinski definition) is 2. The molecule has 0 saturated carbocycles. The Balaban J connectivity index is 1.97. The maximum Gasteiger partial charge on any atom is 0.226 e. The van der Waals surface area contributed by atoms with Gasteiger partial charge in [-0.1, -0.05) is 13.8 Å². The Labute approximate surface area is 123 Å². The fourth-order valence-electron chi connectivity index (χ4n) is 2.85. The second-order valence-electron chi connectivity index (χ2n) is 6.04. The second-order valence-corrected chi connectivity index (χ2v) is 6.04. The van der Waals surface area contributed by atoms with Crippen LogP contribution >= 0.6 is 0 Å². The van der Waals surface area contributed by atoms with Crippen LogP contribution in [0.1, 0.15) is 39.5 Å². The van der Waals surface area contributed by atoms with Gasteiger partial charge < -0.3 is 5.32 Å². The molecule has 2 aliphatic rings. The quantitative estimate of drug-likeness (QED) is 0.591. The summed E-state index contributed by atoms with van der Waals surface area (Å²) in [7, 11) is 0. The molecule has 0 aromatic carbocycles. The van der Waals surface area contributed by atoms with Crippen LogP contribution in [0.5, 0.6) is 0 Å². The van der Waals surface area contributed by atoms with Crippen LogP contribution in [0.2, 0.25) is 0 Å². The van der Waals surface area contributed by atoms with E-state index < -0.39 is 0 Å². The number of ketones is 1. The third-order valence-electron chi connectivity index (χ3n) is 3.99. The Kier molecular flexibility index (Phi) is 4.55. The molecule has 0 aromatic rings. The predicted octanol–water partition coefficient (Wildman–Crippen LogP) is 0.674. The zero-order chi connectivity index (χ0) is 15.6. The van der Waals surface area contributed by atoms with Crippen LogP contribution in [-0.4, -0.2) is 23.5 Å². The van der Waals surface area contributed by atoms with Gasteiger partial charge in [0.05, 0.1) is 0 Å². The number of piperidine rings is 2. The summed E-state index contributed by atoms with van der Waals surface area (Å²) in [6.07, 6.45) is 2.71. The summed E-state index contributed by atoms with van der Waals surface area (Å²) in [5.74, 6) is -1.05. The van der Waals surface area contributed by atoms with Crippen molar-refractivity contribution in [3.63, 3.8) is 0 Å². The largest absolute Gasteiger partial charge is 0.329 e. The molecule has 0 aliphatic carbocycles. The molecule has 2 saturated heterocycles. The fraction of sp³-hybridized carbons (Fsp3) is 0.600. The van der Waals surface area contributed by atoms with Gasteiger partial charge in [0.2, 0.25) is 17.7 Å². The first-order valence-electron chi connectivity index (χ1n) is 7.23. The van der Waals surface area contributed by atoms with Crippen LogP contribution in [0, 0.1) is 17.8 Å². The molecule has 0 bridgehead atoms. The minimum Gasteiger partial charge on any atom is -0.329 e. The van der Waals surface area contributed by atoms with Crippen molar-refractivity contribution in [2.45, 2.75) is 39.5 Å². The maximum absolute atomic E-state index is 12.1. The molecule has 6 nitrogen and oxygen atoms in total. The Morgan fingerprint density at radius 3 is 2.33 bits per heavy atom. The molecule has 2 unspecified atom stereocenters. The van der Waals surface area contributed by atoms with Crippen molar-refractivity contribution < 1.29 is 19.2 Å². The van der Waals surface area contributed by atoms with E-state index in [9.17, 15) is 19.2 Å². The van der Waals surface area contributed by atoms with Gasteiger partial charge in [-0.15, -0.1) is 0 Å². The average molecular weight is 292 g/mol. The van der Waals surface area contributed by atoms with Gasteiger partial charge in [0.1, 0.15) is 0 Å². The minimum absolute atomic E-state index is 0.0492. The molecular formula is C15H20N2O4. The van der Waals surface area contributed by atoms with Crippen molar-refractivity contribution in [2.75, 3.05) is 0 Å². The molecule has 2 heterocycles. The Morgan fingerprint density at radius 2 is 1.71 bits per heavy atom. The number of imide groups is 1. The van der Waals surface area contributed by atoms with E-state index >= 15 is 0 Å². The molecule has 0 radical (unpaired) electrons. The van der Waals surface area contributed by atoms with Gasteiger partial charge in [-0.25, -0.2) is 0 Å².